The number of fused-ring (bicyclic) bond motifs is 7. The number of allylic oxidation sites excluding steroid dienone is 4. The standard InChI is InChI=1S/C58H47N/c1-57(2)51-20-12-10-18-48(51)50-37-46(34-35-53(50)57)59(44-30-26-40(27-31-44)38-14-6-5-7-15-38)45-32-28-41(29-33-45)39-22-24-42(25-23-39)55-47-17-9-8-16-43(47)36-54-56(55)49-19-11-13-21-52(49)58(54,3)4/h5-22,24,26-37H,23,25H2,1-4H3. The Morgan fingerprint density at radius 1 is 0.373 bits per heavy atom. The summed E-state index contributed by atoms with van der Waals surface area (Å²) in [5.74, 6) is 0. The van der Waals surface area contributed by atoms with Gasteiger partial charge in [0.15, 0.2) is 0 Å². The van der Waals surface area contributed by atoms with Gasteiger partial charge >= 0.3 is 0 Å². The maximum Gasteiger partial charge on any atom is 0.0468 e. The lowest BCUT2D eigenvalue weighted by molar-refractivity contribution is 0.660. The molecule has 0 radical (unpaired) electrons. The molecule has 1 nitrogen and oxygen atoms in total. The summed E-state index contributed by atoms with van der Waals surface area (Å²) in [5.41, 5.74) is 22.4. The van der Waals surface area contributed by atoms with Gasteiger partial charge in [0.1, 0.15) is 0 Å². The highest BCUT2D eigenvalue weighted by molar-refractivity contribution is 6.05. The average molecular weight is 758 g/mol. The Morgan fingerprint density at radius 2 is 0.898 bits per heavy atom. The molecule has 0 saturated heterocycles. The van der Waals surface area contributed by atoms with E-state index >= 15 is 0 Å². The second-order valence-electron chi connectivity index (χ2n) is 17.6. The first-order valence-corrected chi connectivity index (χ1v) is 21.1. The summed E-state index contributed by atoms with van der Waals surface area (Å²) >= 11 is 0. The average Bonchev–Trinajstić information content (AvgIpc) is 3.65. The first kappa shape index (κ1) is 35.5. The van der Waals surface area contributed by atoms with Crippen LogP contribution in [0.3, 0.4) is 0 Å². The molecule has 8 aromatic rings. The number of nitrogens with zero attached hydrogens (tertiary/aromatic N) is 1. The minimum Gasteiger partial charge on any atom is -0.310 e. The highest BCUT2D eigenvalue weighted by Crippen LogP contribution is 2.54. The van der Waals surface area contributed by atoms with Crippen LogP contribution in [0.5, 0.6) is 0 Å². The topological polar surface area (TPSA) is 3.24 Å². The van der Waals surface area contributed by atoms with Crippen LogP contribution in [0.4, 0.5) is 17.1 Å². The zero-order valence-corrected chi connectivity index (χ0v) is 34.3. The molecule has 8 aromatic carbocycles. The fourth-order valence-electron chi connectivity index (χ4n) is 10.5. The Bertz CT molecular complexity index is 3010. The Hall–Kier alpha value is -6.70. The van der Waals surface area contributed by atoms with Crippen LogP contribution >= 0.6 is 0 Å². The summed E-state index contributed by atoms with van der Waals surface area (Å²) in [6.07, 6.45) is 6.79. The predicted octanol–water partition coefficient (Wildman–Crippen LogP) is 15.8. The molecule has 0 aromatic heterocycles. The monoisotopic (exact) mass is 757 g/mol. The van der Waals surface area contributed by atoms with Crippen molar-refractivity contribution in [1.82, 2.24) is 0 Å². The van der Waals surface area contributed by atoms with E-state index in [1.54, 1.807) is 0 Å². The molecule has 3 aliphatic rings. The van der Waals surface area contributed by atoms with E-state index in [0.717, 1.165) is 29.9 Å². The Kier molecular flexibility index (Phi) is 8.07. The number of rotatable bonds is 6. The molecule has 0 fully saturated rings. The minimum absolute atomic E-state index is 0.0367. The van der Waals surface area contributed by atoms with E-state index in [4.69, 9.17) is 0 Å². The van der Waals surface area contributed by atoms with E-state index in [1.165, 1.54) is 88.7 Å². The van der Waals surface area contributed by atoms with Crippen LogP contribution in [0.15, 0.2) is 188 Å². The maximum absolute atomic E-state index is 2.45. The molecule has 0 unspecified atom stereocenters. The molecule has 0 amide bonds. The maximum atomic E-state index is 2.45. The molecule has 0 heterocycles. The van der Waals surface area contributed by atoms with Crippen LogP contribution in [-0.4, -0.2) is 0 Å². The lowest BCUT2D eigenvalue weighted by Crippen LogP contribution is -2.15. The number of benzene rings is 8. The van der Waals surface area contributed by atoms with Crippen molar-refractivity contribution in [3.05, 3.63) is 221 Å². The van der Waals surface area contributed by atoms with Gasteiger partial charge in [-0.2, -0.15) is 0 Å². The fraction of sp³-hybridized carbons (Fsp3) is 0.138. The van der Waals surface area contributed by atoms with E-state index in [1.807, 2.05) is 0 Å². The first-order chi connectivity index (χ1) is 28.8. The van der Waals surface area contributed by atoms with Crippen LogP contribution in [0.1, 0.15) is 73.9 Å². The summed E-state index contributed by atoms with van der Waals surface area (Å²) in [6.45, 7) is 9.47. The van der Waals surface area contributed by atoms with Gasteiger partial charge in [0.2, 0.25) is 0 Å². The quantitative estimate of drug-likeness (QED) is 0.163. The van der Waals surface area contributed by atoms with Crippen molar-refractivity contribution >= 4 is 39.0 Å². The van der Waals surface area contributed by atoms with Crippen LogP contribution in [0, 0.1) is 0 Å². The van der Waals surface area contributed by atoms with Gasteiger partial charge in [-0.15, -0.1) is 0 Å². The highest BCUT2D eigenvalue weighted by atomic mass is 15.1. The smallest absolute Gasteiger partial charge is 0.0468 e. The number of hydrogen-bond acceptors (Lipinski definition) is 1. The molecule has 11 rings (SSSR count). The van der Waals surface area contributed by atoms with E-state index in [2.05, 4.69) is 221 Å². The Labute approximate surface area is 348 Å². The van der Waals surface area contributed by atoms with Crippen molar-refractivity contribution in [2.75, 3.05) is 4.90 Å². The zero-order valence-electron chi connectivity index (χ0n) is 34.3. The summed E-state index contributed by atoms with van der Waals surface area (Å²) in [5, 5.41) is 2.67. The fourth-order valence-corrected chi connectivity index (χ4v) is 10.5. The molecular weight excluding hydrogens is 711 g/mol. The summed E-state index contributed by atoms with van der Waals surface area (Å²) in [7, 11) is 0. The van der Waals surface area contributed by atoms with Gasteiger partial charge in [-0.3, -0.25) is 0 Å². The van der Waals surface area contributed by atoms with Gasteiger partial charge in [-0.1, -0.05) is 173 Å². The van der Waals surface area contributed by atoms with Gasteiger partial charge in [0.05, 0.1) is 0 Å². The molecule has 0 N–H and O–H groups in total. The molecule has 0 atom stereocenters. The van der Waals surface area contributed by atoms with Crippen molar-refractivity contribution in [2.45, 2.75) is 51.4 Å². The second-order valence-corrected chi connectivity index (χ2v) is 17.6. The summed E-state index contributed by atoms with van der Waals surface area (Å²) < 4.78 is 0. The zero-order chi connectivity index (χ0) is 39.9. The molecule has 0 saturated carbocycles. The highest BCUT2D eigenvalue weighted by Gasteiger charge is 2.38. The SMILES string of the molecule is CC1(C)c2ccccc2-c2cc(N(c3ccc(C4=CC=C(c5c6c(cc7ccccc57)C(C)(C)c5ccccc5-6)CC4)cc3)c3ccc(-c4ccccc4)cc3)ccc21. The molecule has 1 heteroatoms. The van der Waals surface area contributed by atoms with Crippen LogP contribution < -0.4 is 4.90 Å². The van der Waals surface area contributed by atoms with Crippen LogP contribution in [-0.2, 0) is 10.8 Å². The van der Waals surface area contributed by atoms with Crippen molar-refractivity contribution in [3.8, 4) is 33.4 Å². The number of hydrogen-bond donors (Lipinski definition) is 0. The van der Waals surface area contributed by atoms with E-state index in [0.29, 0.717) is 0 Å². The predicted molar refractivity (Wildman–Crippen MR) is 251 cm³/mol. The normalized spacial score (nSPS) is 15.5. The first-order valence-electron chi connectivity index (χ1n) is 21.1. The molecule has 284 valence electrons. The van der Waals surface area contributed by atoms with E-state index in [-0.39, 0.29) is 10.8 Å². The van der Waals surface area contributed by atoms with Crippen molar-refractivity contribution in [1.29, 1.82) is 0 Å². The molecule has 0 spiro atoms. The summed E-state index contributed by atoms with van der Waals surface area (Å²) in [6, 6.07) is 65.4. The Balaban J connectivity index is 0.976. The van der Waals surface area contributed by atoms with Crippen LogP contribution in [0.25, 0.3) is 55.3 Å². The van der Waals surface area contributed by atoms with Crippen LogP contribution in [0.2, 0.25) is 0 Å². The van der Waals surface area contributed by atoms with Gasteiger partial charge < -0.3 is 4.90 Å². The van der Waals surface area contributed by atoms with E-state index in [9.17, 15) is 0 Å². The van der Waals surface area contributed by atoms with Gasteiger partial charge in [-0.05, 0) is 144 Å². The number of anilines is 3. The van der Waals surface area contributed by atoms with Gasteiger partial charge in [0, 0.05) is 27.9 Å². The van der Waals surface area contributed by atoms with Gasteiger partial charge in [0.25, 0.3) is 0 Å². The largest absolute Gasteiger partial charge is 0.310 e. The lowest BCUT2D eigenvalue weighted by atomic mass is 9.79. The summed E-state index contributed by atoms with van der Waals surface area (Å²) in [4.78, 5) is 2.42. The molecule has 0 bridgehead atoms. The second kappa shape index (κ2) is 13.4. The lowest BCUT2D eigenvalue weighted by Gasteiger charge is -2.28. The van der Waals surface area contributed by atoms with Crippen molar-refractivity contribution < 1.29 is 0 Å². The third-order valence-electron chi connectivity index (χ3n) is 13.6. The van der Waals surface area contributed by atoms with Crippen molar-refractivity contribution in [2.24, 2.45) is 0 Å². The van der Waals surface area contributed by atoms with E-state index < -0.39 is 0 Å². The molecule has 0 aliphatic heterocycles. The third kappa shape index (κ3) is 5.59. The third-order valence-corrected chi connectivity index (χ3v) is 13.6. The Morgan fingerprint density at radius 3 is 1.61 bits per heavy atom. The molecule has 59 heavy (non-hydrogen) atoms. The van der Waals surface area contributed by atoms with Crippen molar-refractivity contribution in [3.63, 3.8) is 0 Å². The minimum atomic E-state index is -0.0403. The molecular formula is C58H47N. The van der Waals surface area contributed by atoms with Gasteiger partial charge in [-0.25, -0.2) is 0 Å². The molecule has 3 aliphatic carbocycles.